The zero-order valence-corrected chi connectivity index (χ0v) is 10.7. The van der Waals surface area contributed by atoms with E-state index in [-0.39, 0.29) is 17.9 Å². The van der Waals surface area contributed by atoms with Crippen molar-refractivity contribution in [2.24, 2.45) is 17.6 Å². The van der Waals surface area contributed by atoms with Crippen LogP contribution in [0.2, 0.25) is 0 Å². The molecule has 1 aliphatic rings. The molecule has 0 aromatic heterocycles. The van der Waals surface area contributed by atoms with Crippen LogP contribution in [0, 0.1) is 11.8 Å². The largest absolute Gasteiger partial charge is 0.496 e. The highest BCUT2D eigenvalue weighted by molar-refractivity contribution is 5.73. The Hall–Kier alpha value is -1.55. The number of carboxylic acid groups (broad SMARTS) is 1. The number of nitrogens with two attached hydrogens (primary N) is 1. The molecule has 98 valence electrons. The van der Waals surface area contributed by atoms with Gasteiger partial charge in [0.25, 0.3) is 0 Å². The highest BCUT2D eigenvalue weighted by Crippen LogP contribution is 2.48. The molecular formula is C14H19NO3. The zero-order chi connectivity index (χ0) is 13.3. The summed E-state index contributed by atoms with van der Waals surface area (Å²) < 4.78 is 5.31. The Balaban J connectivity index is 2.23. The van der Waals surface area contributed by atoms with E-state index in [1.54, 1.807) is 7.11 Å². The Morgan fingerprint density at radius 1 is 1.61 bits per heavy atom. The minimum absolute atomic E-state index is 0.0310. The van der Waals surface area contributed by atoms with E-state index in [1.807, 2.05) is 18.2 Å². The summed E-state index contributed by atoms with van der Waals surface area (Å²) in [7, 11) is 1.61. The van der Waals surface area contributed by atoms with E-state index in [1.165, 1.54) is 5.56 Å². The summed E-state index contributed by atoms with van der Waals surface area (Å²) >= 11 is 0. The molecule has 0 radical (unpaired) electrons. The number of rotatable bonds is 5. The molecule has 0 heterocycles. The van der Waals surface area contributed by atoms with E-state index in [0.717, 1.165) is 17.7 Å². The summed E-state index contributed by atoms with van der Waals surface area (Å²) in [6, 6.07) is 5.69. The highest BCUT2D eigenvalue weighted by Gasteiger charge is 2.47. The van der Waals surface area contributed by atoms with E-state index in [0.29, 0.717) is 6.42 Å². The molecule has 4 heteroatoms. The number of aliphatic carboxylic acids is 1. The quantitative estimate of drug-likeness (QED) is 0.837. The van der Waals surface area contributed by atoms with Crippen LogP contribution < -0.4 is 10.5 Å². The second-order valence-corrected chi connectivity index (χ2v) is 4.80. The van der Waals surface area contributed by atoms with E-state index < -0.39 is 5.97 Å². The van der Waals surface area contributed by atoms with Crippen LogP contribution >= 0.6 is 0 Å². The van der Waals surface area contributed by atoms with E-state index in [4.69, 9.17) is 15.6 Å². The van der Waals surface area contributed by atoms with Gasteiger partial charge in [-0.3, -0.25) is 4.79 Å². The van der Waals surface area contributed by atoms with Gasteiger partial charge in [-0.25, -0.2) is 0 Å². The van der Waals surface area contributed by atoms with E-state index in [2.05, 4.69) is 6.92 Å². The topological polar surface area (TPSA) is 72.5 Å². The third-order valence-electron chi connectivity index (χ3n) is 3.68. The van der Waals surface area contributed by atoms with Gasteiger partial charge in [-0.15, -0.1) is 0 Å². The number of carboxylic acids is 1. The maximum atomic E-state index is 10.9. The van der Waals surface area contributed by atoms with Crippen LogP contribution in [0.5, 0.6) is 5.75 Å². The number of carbonyl (C=O) groups is 1. The number of ether oxygens (including phenoxy) is 1. The predicted molar refractivity (Wildman–Crippen MR) is 68.5 cm³/mol. The smallest absolute Gasteiger partial charge is 0.306 e. The first-order chi connectivity index (χ1) is 8.58. The minimum Gasteiger partial charge on any atom is -0.496 e. The van der Waals surface area contributed by atoms with Crippen LogP contribution in [0.15, 0.2) is 18.2 Å². The fourth-order valence-electron chi connectivity index (χ4n) is 2.39. The Morgan fingerprint density at radius 3 is 2.83 bits per heavy atom. The monoisotopic (exact) mass is 249 g/mol. The molecule has 4 nitrogen and oxygen atoms in total. The molecular weight excluding hydrogens is 230 g/mol. The van der Waals surface area contributed by atoms with Crippen molar-refractivity contribution in [3.63, 3.8) is 0 Å². The van der Waals surface area contributed by atoms with Crippen molar-refractivity contribution in [2.45, 2.75) is 25.8 Å². The third-order valence-corrected chi connectivity index (χ3v) is 3.68. The lowest BCUT2D eigenvalue weighted by atomic mass is 9.98. The fourth-order valence-corrected chi connectivity index (χ4v) is 2.39. The molecule has 1 aromatic carbocycles. The van der Waals surface area contributed by atoms with Gasteiger partial charge in [0.15, 0.2) is 0 Å². The maximum absolute atomic E-state index is 10.9. The molecule has 3 N–H and O–H groups in total. The van der Waals surface area contributed by atoms with Gasteiger partial charge in [-0.2, -0.15) is 0 Å². The summed E-state index contributed by atoms with van der Waals surface area (Å²) in [5.74, 6) is -0.268. The molecule has 0 aliphatic heterocycles. The lowest BCUT2D eigenvalue weighted by molar-refractivity contribution is -0.138. The first kappa shape index (κ1) is 12.9. The Bertz CT molecular complexity index is 458. The molecule has 1 aromatic rings. The number of aryl methyl sites for hydroxylation is 1. The van der Waals surface area contributed by atoms with Crippen LogP contribution in [-0.4, -0.2) is 18.2 Å². The van der Waals surface area contributed by atoms with Crippen molar-refractivity contribution in [3.05, 3.63) is 29.3 Å². The van der Waals surface area contributed by atoms with Gasteiger partial charge in [-0.05, 0) is 30.4 Å². The lowest BCUT2D eigenvalue weighted by Crippen LogP contribution is -2.17. The number of hydrogen-bond acceptors (Lipinski definition) is 3. The second kappa shape index (κ2) is 4.98. The molecule has 1 aliphatic carbocycles. The SMILES string of the molecule is CCc1ccc(OC)c(C(N)C2CC2C(=O)O)c1. The Labute approximate surface area is 107 Å². The molecule has 18 heavy (non-hydrogen) atoms. The van der Waals surface area contributed by atoms with Gasteiger partial charge in [0.2, 0.25) is 0 Å². The second-order valence-electron chi connectivity index (χ2n) is 4.80. The fraction of sp³-hybridized carbons (Fsp3) is 0.500. The minimum atomic E-state index is -0.749. The van der Waals surface area contributed by atoms with Gasteiger partial charge < -0.3 is 15.6 Å². The summed E-state index contributed by atoms with van der Waals surface area (Å²) in [6.45, 7) is 2.08. The van der Waals surface area contributed by atoms with Crippen molar-refractivity contribution in [1.82, 2.24) is 0 Å². The maximum Gasteiger partial charge on any atom is 0.306 e. The van der Waals surface area contributed by atoms with Crippen LogP contribution in [0.1, 0.15) is 30.5 Å². The Kier molecular flexibility index (Phi) is 3.57. The van der Waals surface area contributed by atoms with Crippen molar-refractivity contribution < 1.29 is 14.6 Å². The molecule has 1 fully saturated rings. The summed E-state index contributed by atoms with van der Waals surface area (Å²) in [5, 5.41) is 8.96. The van der Waals surface area contributed by atoms with Crippen molar-refractivity contribution in [1.29, 1.82) is 0 Å². The van der Waals surface area contributed by atoms with Crippen molar-refractivity contribution in [2.75, 3.05) is 7.11 Å². The average molecular weight is 249 g/mol. The highest BCUT2D eigenvalue weighted by atomic mass is 16.5. The Morgan fingerprint density at radius 2 is 2.33 bits per heavy atom. The zero-order valence-electron chi connectivity index (χ0n) is 10.7. The molecule has 3 atom stereocenters. The van der Waals surface area contributed by atoms with Gasteiger partial charge in [0.1, 0.15) is 5.75 Å². The number of methoxy groups -OCH3 is 1. The van der Waals surface area contributed by atoms with Gasteiger partial charge >= 0.3 is 5.97 Å². The first-order valence-electron chi connectivity index (χ1n) is 6.23. The molecule has 3 unspecified atom stereocenters. The van der Waals surface area contributed by atoms with Crippen molar-refractivity contribution >= 4 is 5.97 Å². The molecule has 1 saturated carbocycles. The first-order valence-corrected chi connectivity index (χ1v) is 6.23. The number of hydrogen-bond donors (Lipinski definition) is 2. The summed E-state index contributed by atoms with van der Waals surface area (Å²) in [5.41, 5.74) is 8.30. The molecule has 0 spiro atoms. The molecule has 0 saturated heterocycles. The average Bonchev–Trinajstić information content (AvgIpc) is 3.17. The summed E-state index contributed by atoms with van der Waals surface area (Å²) in [4.78, 5) is 10.9. The van der Waals surface area contributed by atoms with Crippen LogP contribution in [0.3, 0.4) is 0 Å². The molecule has 2 rings (SSSR count). The van der Waals surface area contributed by atoms with Crippen LogP contribution in [-0.2, 0) is 11.2 Å². The van der Waals surface area contributed by atoms with E-state index in [9.17, 15) is 4.79 Å². The van der Waals surface area contributed by atoms with Crippen molar-refractivity contribution in [3.8, 4) is 5.75 Å². The van der Waals surface area contributed by atoms with Gasteiger partial charge in [0.05, 0.1) is 13.0 Å². The van der Waals surface area contributed by atoms with Gasteiger partial charge in [0, 0.05) is 11.6 Å². The van der Waals surface area contributed by atoms with Crippen LogP contribution in [0.25, 0.3) is 0 Å². The molecule has 0 amide bonds. The predicted octanol–water partition coefficient (Wildman–Crippen LogP) is 1.98. The van der Waals surface area contributed by atoms with Gasteiger partial charge in [-0.1, -0.05) is 19.1 Å². The standard InChI is InChI=1S/C14H19NO3/c1-3-8-4-5-12(18-2)11(6-8)13(15)9-7-10(9)14(16)17/h4-6,9-10,13H,3,7,15H2,1-2H3,(H,16,17). The normalized spacial score (nSPS) is 23.5. The molecule has 0 bridgehead atoms. The number of benzene rings is 1. The third kappa shape index (κ3) is 2.34. The van der Waals surface area contributed by atoms with E-state index >= 15 is 0 Å². The van der Waals surface area contributed by atoms with Crippen LogP contribution in [0.4, 0.5) is 0 Å². The lowest BCUT2D eigenvalue weighted by Gasteiger charge is -2.16. The summed E-state index contributed by atoms with van der Waals surface area (Å²) in [6.07, 6.45) is 1.59.